The van der Waals surface area contributed by atoms with E-state index in [0.29, 0.717) is 19.5 Å². The Morgan fingerprint density at radius 2 is 1.85 bits per heavy atom. The van der Waals surface area contributed by atoms with Crippen LogP contribution < -0.4 is 5.69 Å². The van der Waals surface area contributed by atoms with Crippen LogP contribution in [-0.4, -0.2) is 51.2 Å². The fourth-order valence-electron chi connectivity index (χ4n) is 3.59. The predicted octanol–water partition coefficient (Wildman–Crippen LogP) is 0.864. The minimum absolute atomic E-state index is 0.0889. The van der Waals surface area contributed by atoms with Crippen molar-refractivity contribution in [2.45, 2.75) is 32.5 Å². The number of rotatable bonds is 5. The predicted molar refractivity (Wildman–Crippen MR) is 99.6 cm³/mol. The Balaban J connectivity index is 1.71. The normalized spacial score (nSPS) is 16.6. The number of amides is 1. The molecular weight excluding hydrogens is 330 g/mol. The van der Waals surface area contributed by atoms with Crippen LogP contribution in [0.3, 0.4) is 0 Å². The summed E-state index contributed by atoms with van der Waals surface area (Å²) in [5.41, 5.74) is 2.25. The Hall–Kier alpha value is -2.41. The van der Waals surface area contributed by atoms with Crippen molar-refractivity contribution in [3.05, 3.63) is 51.7 Å². The van der Waals surface area contributed by atoms with Crippen LogP contribution in [0.2, 0.25) is 0 Å². The molecular formula is C19H27N5O2. The van der Waals surface area contributed by atoms with Gasteiger partial charge in [0.05, 0.1) is 5.92 Å². The van der Waals surface area contributed by atoms with E-state index >= 15 is 0 Å². The smallest absolute Gasteiger partial charge is 0.341 e. The first-order chi connectivity index (χ1) is 12.4. The van der Waals surface area contributed by atoms with E-state index < -0.39 is 0 Å². The number of aromatic nitrogens is 3. The molecule has 7 heteroatoms. The third kappa shape index (κ3) is 3.72. The van der Waals surface area contributed by atoms with E-state index in [1.807, 2.05) is 33.3 Å². The highest BCUT2D eigenvalue weighted by Gasteiger charge is 2.29. The van der Waals surface area contributed by atoms with Crippen LogP contribution in [0.5, 0.6) is 0 Å². The van der Waals surface area contributed by atoms with Crippen molar-refractivity contribution in [3.8, 4) is 0 Å². The van der Waals surface area contributed by atoms with Crippen molar-refractivity contribution in [3.63, 3.8) is 0 Å². The zero-order valence-corrected chi connectivity index (χ0v) is 16.0. The van der Waals surface area contributed by atoms with Gasteiger partial charge in [0.2, 0.25) is 5.91 Å². The van der Waals surface area contributed by atoms with E-state index in [-0.39, 0.29) is 17.5 Å². The van der Waals surface area contributed by atoms with E-state index in [1.54, 1.807) is 16.5 Å². The van der Waals surface area contributed by atoms with Gasteiger partial charge >= 0.3 is 5.69 Å². The highest BCUT2D eigenvalue weighted by atomic mass is 16.2. The molecule has 140 valence electrons. The molecule has 0 unspecified atom stereocenters. The zero-order valence-electron chi connectivity index (χ0n) is 16.0. The molecule has 1 aliphatic rings. The number of benzene rings is 1. The van der Waals surface area contributed by atoms with Crippen molar-refractivity contribution in [1.29, 1.82) is 0 Å². The van der Waals surface area contributed by atoms with Crippen molar-refractivity contribution < 1.29 is 4.79 Å². The number of fused-ring (bicyclic) bond motifs is 1. The van der Waals surface area contributed by atoms with Crippen LogP contribution in [-0.2, 0) is 37.9 Å². The number of hydrogen-bond acceptors (Lipinski definition) is 4. The summed E-state index contributed by atoms with van der Waals surface area (Å²) in [4.78, 5) is 29.0. The summed E-state index contributed by atoms with van der Waals surface area (Å²) in [6.07, 6.45) is 1.40. The molecule has 0 aliphatic carbocycles. The van der Waals surface area contributed by atoms with Gasteiger partial charge in [-0.15, -0.1) is 0 Å². The summed E-state index contributed by atoms with van der Waals surface area (Å²) in [5.74, 6) is 0.696. The lowest BCUT2D eigenvalue weighted by molar-refractivity contribution is -0.135. The molecule has 0 saturated carbocycles. The SMILES string of the molecule is CN(C)Cc1ccccc1CN(C)C(=O)[C@@H]1CCc2nn(C)c(=O)n2C1. The van der Waals surface area contributed by atoms with E-state index in [0.717, 1.165) is 24.4 Å². The van der Waals surface area contributed by atoms with Crippen LogP contribution in [0, 0.1) is 5.92 Å². The molecule has 7 nitrogen and oxygen atoms in total. The fourth-order valence-corrected chi connectivity index (χ4v) is 3.59. The molecule has 0 saturated heterocycles. The molecule has 0 radical (unpaired) electrons. The van der Waals surface area contributed by atoms with Gasteiger partial charge in [0, 0.05) is 40.2 Å². The molecule has 0 N–H and O–H groups in total. The van der Waals surface area contributed by atoms with Gasteiger partial charge in [-0.2, -0.15) is 5.10 Å². The molecule has 1 atom stereocenters. The average Bonchev–Trinajstić information content (AvgIpc) is 2.89. The van der Waals surface area contributed by atoms with Crippen LogP contribution >= 0.6 is 0 Å². The van der Waals surface area contributed by atoms with Gasteiger partial charge in [-0.1, -0.05) is 24.3 Å². The molecule has 3 rings (SSSR count). The number of aryl methyl sites for hydroxylation is 2. The van der Waals surface area contributed by atoms with Gasteiger partial charge in [0.25, 0.3) is 0 Å². The van der Waals surface area contributed by atoms with Crippen molar-refractivity contribution in [2.24, 2.45) is 13.0 Å². The van der Waals surface area contributed by atoms with Crippen LogP contribution in [0.25, 0.3) is 0 Å². The molecule has 0 spiro atoms. The summed E-state index contributed by atoms with van der Waals surface area (Å²) in [5, 5.41) is 4.23. The first kappa shape index (κ1) is 18.4. The summed E-state index contributed by atoms with van der Waals surface area (Å²) < 4.78 is 2.99. The number of carbonyl (C=O) groups excluding carboxylic acids is 1. The second kappa shape index (κ2) is 7.45. The Labute approximate surface area is 153 Å². The lowest BCUT2D eigenvalue weighted by atomic mass is 9.97. The van der Waals surface area contributed by atoms with Gasteiger partial charge in [-0.3, -0.25) is 9.36 Å². The molecule has 1 aromatic carbocycles. The van der Waals surface area contributed by atoms with Gasteiger partial charge in [0.1, 0.15) is 5.82 Å². The molecule has 26 heavy (non-hydrogen) atoms. The van der Waals surface area contributed by atoms with Crippen LogP contribution in [0.4, 0.5) is 0 Å². The van der Waals surface area contributed by atoms with Crippen LogP contribution in [0.15, 0.2) is 29.1 Å². The van der Waals surface area contributed by atoms with Gasteiger partial charge in [0.15, 0.2) is 0 Å². The monoisotopic (exact) mass is 357 g/mol. The Bertz CT molecular complexity index is 852. The highest BCUT2D eigenvalue weighted by molar-refractivity contribution is 5.78. The summed E-state index contributed by atoms with van der Waals surface area (Å²) in [7, 11) is 7.57. The number of hydrogen-bond donors (Lipinski definition) is 0. The van der Waals surface area contributed by atoms with Crippen LogP contribution in [0.1, 0.15) is 23.4 Å². The second-order valence-corrected chi connectivity index (χ2v) is 7.37. The molecule has 1 aliphatic heterocycles. The summed E-state index contributed by atoms with van der Waals surface area (Å²) in [6.45, 7) is 1.84. The maximum Gasteiger partial charge on any atom is 0.345 e. The van der Waals surface area contributed by atoms with E-state index in [4.69, 9.17) is 0 Å². The van der Waals surface area contributed by atoms with Crippen molar-refractivity contribution in [2.75, 3.05) is 21.1 Å². The quantitative estimate of drug-likeness (QED) is 0.796. The fraction of sp³-hybridized carbons (Fsp3) is 0.526. The standard InChI is InChI=1S/C19H27N5O2/c1-21(2)11-14-7-5-6-8-15(14)12-22(3)18(25)16-9-10-17-20-23(4)19(26)24(17)13-16/h5-8,16H,9-13H2,1-4H3/t16-/m1/s1. The third-order valence-electron chi connectivity index (χ3n) is 4.94. The Kier molecular flexibility index (Phi) is 5.27. The van der Waals surface area contributed by atoms with Gasteiger partial charge in [-0.25, -0.2) is 9.48 Å². The second-order valence-electron chi connectivity index (χ2n) is 7.37. The Morgan fingerprint density at radius 3 is 2.50 bits per heavy atom. The molecule has 0 fully saturated rings. The third-order valence-corrected chi connectivity index (χ3v) is 4.94. The van der Waals surface area contributed by atoms with Gasteiger partial charge in [-0.05, 0) is 31.6 Å². The number of carbonyl (C=O) groups is 1. The summed E-state index contributed by atoms with van der Waals surface area (Å²) in [6, 6.07) is 8.22. The van der Waals surface area contributed by atoms with E-state index in [2.05, 4.69) is 22.1 Å². The molecule has 2 aromatic rings. The van der Waals surface area contributed by atoms with Crippen molar-refractivity contribution >= 4 is 5.91 Å². The molecule has 1 aromatic heterocycles. The molecule has 0 bridgehead atoms. The Morgan fingerprint density at radius 1 is 1.19 bits per heavy atom. The molecule has 1 amide bonds. The van der Waals surface area contributed by atoms with Crippen molar-refractivity contribution in [1.82, 2.24) is 24.1 Å². The topological polar surface area (TPSA) is 63.4 Å². The first-order valence-electron chi connectivity index (χ1n) is 8.96. The highest BCUT2D eigenvalue weighted by Crippen LogP contribution is 2.20. The first-order valence-corrected chi connectivity index (χ1v) is 8.96. The van der Waals surface area contributed by atoms with E-state index in [9.17, 15) is 9.59 Å². The maximum atomic E-state index is 12.9. The minimum Gasteiger partial charge on any atom is -0.341 e. The molecule has 2 heterocycles. The number of nitrogens with zero attached hydrogens (tertiary/aromatic N) is 5. The zero-order chi connectivity index (χ0) is 18.8. The lowest BCUT2D eigenvalue weighted by Crippen LogP contribution is -2.39. The lowest BCUT2D eigenvalue weighted by Gasteiger charge is -2.27. The summed E-state index contributed by atoms with van der Waals surface area (Å²) >= 11 is 0. The average molecular weight is 357 g/mol. The maximum absolute atomic E-state index is 12.9. The minimum atomic E-state index is -0.171. The largest absolute Gasteiger partial charge is 0.345 e. The van der Waals surface area contributed by atoms with Gasteiger partial charge < -0.3 is 9.80 Å². The van der Waals surface area contributed by atoms with E-state index in [1.165, 1.54) is 10.2 Å².